The van der Waals surface area contributed by atoms with Crippen LogP contribution >= 0.6 is 11.5 Å². The number of rotatable bonds is 5. The second-order valence-electron chi connectivity index (χ2n) is 6.25. The molecule has 1 unspecified atom stereocenters. The molecule has 0 radical (unpaired) electrons. The maximum Gasteiger partial charge on any atom is 0.0857 e. The smallest absolute Gasteiger partial charge is 0.0857 e. The zero-order valence-electron chi connectivity index (χ0n) is 13.3. The summed E-state index contributed by atoms with van der Waals surface area (Å²) < 4.78 is 6.14. The van der Waals surface area contributed by atoms with Crippen LogP contribution in [-0.2, 0) is 18.4 Å². The topological polar surface area (TPSA) is 81.7 Å². The van der Waals surface area contributed by atoms with Gasteiger partial charge in [0.25, 0.3) is 0 Å². The van der Waals surface area contributed by atoms with Gasteiger partial charge in [0.05, 0.1) is 22.3 Å². The lowest BCUT2D eigenvalue weighted by molar-refractivity contribution is 0.498. The van der Waals surface area contributed by atoms with Crippen molar-refractivity contribution in [2.24, 2.45) is 5.84 Å². The number of aryl methyl sites for hydroxylation is 2. The Balaban J connectivity index is 2.31. The van der Waals surface area contributed by atoms with Crippen LogP contribution in [0.4, 0.5) is 0 Å². The molecule has 2 rings (SSSR count). The largest absolute Gasteiger partial charge is 0.271 e. The fraction of sp³-hybridized carbons (Fsp3) is 0.643. The second-order valence-corrected chi connectivity index (χ2v) is 7.04. The average Bonchev–Trinajstić information content (AvgIpc) is 3.01. The van der Waals surface area contributed by atoms with Gasteiger partial charge in [-0.1, -0.05) is 25.3 Å². The van der Waals surface area contributed by atoms with Gasteiger partial charge in [0, 0.05) is 24.1 Å². The van der Waals surface area contributed by atoms with Gasteiger partial charge < -0.3 is 0 Å². The van der Waals surface area contributed by atoms with Gasteiger partial charge in [-0.3, -0.25) is 16.0 Å². The maximum absolute atomic E-state index is 5.79. The third-order valence-corrected chi connectivity index (χ3v) is 4.28. The third-order valence-electron chi connectivity index (χ3n) is 3.44. The molecule has 3 N–H and O–H groups in total. The van der Waals surface area contributed by atoms with Crippen LogP contribution in [0.15, 0.2) is 6.07 Å². The van der Waals surface area contributed by atoms with Gasteiger partial charge in [0.15, 0.2) is 0 Å². The van der Waals surface area contributed by atoms with Crippen LogP contribution in [0.25, 0.3) is 0 Å². The molecule has 0 bridgehead atoms. The molecule has 0 saturated heterocycles. The summed E-state index contributed by atoms with van der Waals surface area (Å²) in [5.41, 5.74) is 6.08. The molecule has 0 spiro atoms. The monoisotopic (exact) mass is 308 g/mol. The first-order chi connectivity index (χ1) is 9.86. The van der Waals surface area contributed by atoms with Crippen molar-refractivity contribution in [3.63, 3.8) is 0 Å². The van der Waals surface area contributed by atoms with E-state index in [4.69, 9.17) is 5.84 Å². The molecule has 0 aliphatic carbocycles. The van der Waals surface area contributed by atoms with E-state index in [1.165, 1.54) is 17.2 Å². The Morgan fingerprint density at radius 1 is 1.43 bits per heavy atom. The van der Waals surface area contributed by atoms with E-state index in [-0.39, 0.29) is 11.5 Å². The van der Waals surface area contributed by atoms with E-state index in [0.717, 1.165) is 29.2 Å². The Bertz CT molecular complexity index is 595. The first-order valence-corrected chi connectivity index (χ1v) is 7.96. The van der Waals surface area contributed by atoms with Gasteiger partial charge in [-0.25, -0.2) is 0 Å². The fourth-order valence-electron chi connectivity index (χ4n) is 2.42. The third kappa shape index (κ3) is 3.48. The van der Waals surface area contributed by atoms with Crippen molar-refractivity contribution in [3.8, 4) is 0 Å². The molecular weight excluding hydrogens is 284 g/mol. The van der Waals surface area contributed by atoms with Crippen LogP contribution in [0.3, 0.4) is 0 Å². The van der Waals surface area contributed by atoms with Crippen LogP contribution in [0, 0.1) is 6.92 Å². The SMILES string of the molecule is CCn1nc(C)cc1CC(NN)c1snnc1C(C)(C)C. The van der Waals surface area contributed by atoms with E-state index >= 15 is 0 Å². The van der Waals surface area contributed by atoms with Crippen molar-refractivity contribution >= 4 is 11.5 Å². The number of nitrogens with two attached hydrogens (primary N) is 1. The van der Waals surface area contributed by atoms with Crippen LogP contribution < -0.4 is 11.3 Å². The first kappa shape index (κ1) is 16.1. The van der Waals surface area contributed by atoms with Crippen molar-refractivity contribution in [2.45, 2.75) is 59.0 Å². The second kappa shape index (κ2) is 6.21. The van der Waals surface area contributed by atoms with Crippen molar-refractivity contribution in [1.29, 1.82) is 0 Å². The number of hydrogen-bond donors (Lipinski definition) is 2. The summed E-state index contributed by atoms with van der Waals surface area (Å²) >= 11 is 1.42. The van der Waals surface area contributed by atoms with Gasteiger partial charge in [-0.2, -0.15) is 5.10 Å². The summed E-state index contributed by atoms with van der Waals surface area (Å²) in [5, 5.41) is 8.79. The molecule has 0 fully saturated rings. The molecule has 6 nitrogen and oxygen atoms in total. The Hall–Kier alpha value is -1.31. The summed E-state index contributed by atoms with van der Waals surface area (Å²) in [5.74, 6) is 5.79. The fourth-order valence-corrected chi connectivity index (χ4v) is 3.34. The molecule has 21 heavy (non-hydrogen) atoms. The van der Waals surface area contributed by atoms with Crippen molar-refractivity contribution in [2.75, 3.05) is 0 Å². The van der Waals surface area contributed by atoms with E-state index in [9.17, 15) is 0 Å². The van der Waals surface area contributed by atoms with Crippen LogP contribution in [0.1, 0.15) is 55.7 Å². The van der Waals surface area contributed by atoms with Gasteiger partial charge >= 0.3 is 0 Å². The number of hydrazine groups is 1. The summed E-state index contributed by atoms with van der Waals surface area (Å²) in [6.45, 7) is 11.4. The lowest BCUT2D eigenvalue weighted by Gasteiger charge is -2.21. The van der Waals surface area contributed by atoms with Gasteiger partial charge in [0.2, 0.25) is 0 Å². The summed E-state index contributed by atoms with van der Waals surface area (Å²) in [6, 6.07) is 2.11. The van der Waals surface area contributed by atoms with Crippen molar-refractivity contribution in [3.05, 3.63) is 28.0 Å². The number of nitrogens with zero attached hydrogens (tertiary/aromatic N) is 4. The zero-order valence-corrected chi connectivity index (χ0v) is 14.2. The quantitative estimate of drug-likeness (QED) is 0.653. The van der Waals surface area contributed by atoms with Crippen LogP contribution in [0.5, 0.6) is 0 Å². The molecule has 0 saturated carbocycles. The number of hydrogen-bond acceptors (Lipinski definition) is 6. The van der Waals surface area contributed by atoms with E-state index in [2.05, 4.69) is 53.9 Å². The molecule has 0 aliphatic heterocycles. The lowest BCUT2D eigenvalue weighted by Crippen LogP contribution is -2.31. The minimum Gasteiger partial charge on any atom is -0.271 e. The zero-order chi connectivity index (χ0) is 15.6. The highest BCUT2D eigenvalue weighted by atomic mass is 32.1. The molecule has 2 aromatic heterocycles. The van der Waals surface area contributed by atoms with E-state index in [1.54, 1.807) is 0 Å². The van der Waals surface area contributed by atoms with Crippen molar-refractivity contribution < 1.29 is 0 Å². The van der Waals surface area contributed by atoms with Crippen LogP contribution in [0.2, 0.25) is 0 Å². The highest BCUT2D eigenvalue weighted by molar-refractivity contribution is 7.05. The minimum absolute atomic E-state index is 0.000579. The Labute approximate surface area is 129 Å². The summed E-state index contributed by atoms with van der Waals surface area (Å²) in [7, 11) is 0. The van der Waals surface area contributed by atoms with Gasteiger partial charge in [0.1, 0.15) is 0 Å². The predicted molar refractivity (Wildman–Crippen MR) is 85.0 cm³/mol. The standard InChI is InChI=1S/C14H24N6S/c1-6-20-10(7-9(2)18-20)8-11(16-15)12-13(14(3,4)5)17-19-21-12/h7,11,16H,6,8,15H2,1-5H3. The Morgan fingerprint density at radius 2 is 2.14 bits per heavy atom. The predicted octanol–water partition coefficient (Wildman–Crippen LogP) is 2.11. The highest BCUT2D eigenvalue weighted by Gasteiger charge is 2.27. The molecular formula is C14H24N6S. The molecule has 0 aromatic carbocycles. The Kier molecular flexibility index (Phi) is 4.75. The Morgan fingerprint density at radius 3 is 2.71 bits per heavy atom. The highest BCUT2D eigenvalue weighted by Crippen LogP contribution is 2.31. The van der Waals surface area contributed by atoms with Gasteiger partial charge in [-0.15, -0.1) is 5.10 Å². The molecule has 7 heteroatoms. The first-order valence-electron chi connectivity index (χ1n) is 7.19. The lowest BCUT2D eigenvalue weighted by atomic mass is 9.89. The molecule has 2 heterocycles. The number of aromatic nitrogens is 4. The normalized spacial score (nSPS) is 13.6. The summed E-state index contributed by atoms with van der Waals surface area (Å²) in [4.78, 5) is 1.10. The molecule has 1 atom stereocenters. The van der Waals surface area contributed by atoms with E-state index in [0.29, 0.717) is 0 Å². The van der Waals surface area contributed by atoms with Crippen LogP contribution in [-0.4, -0.2) is 19.4 Å². The van der Waals surface area contributed by atoms with E-state index in [1.807, 2.05) is 11.6 Å². The van der Waals surface area contributed by atoms with Gasteiger partial charge in [-0.05, 0) is 31.4 Å². The minimum atomic E-state index is -0.0433. The molecule has 2 aromatic rings. The summed E-state index contributed by atoms with van der Waals surface area (Å²) in [6.07, 6.45) is 0.776. The molecule has 0 amide bonds. The molecule has 116 valence electrons. The maximum atomic E-state index is 5.79. The van der Waals surface area contributed by atoms with E-state index < -0.39 is 0 Å². The molecule has 0 aliphatic rings. The van der Waals surface area contributed by atoms with Crippen molar-refractivity contribution in [1.82, 2.24) is 24.8 Å². The number of nitrogens with one attached hydrogen (secondary N) is 1. The average molecular weight is 308 g/mol.